The summed E-state index contributed by atoms with van der Waals surface area (Å²) in [6, 6.07) is 29.8. The lowest BCUT2D eigenvalue weighted by molar-refractivity contribution is -0.129. The number of ether oxygens (including phenoxy) is 1. The third-order valence-electron chi connectivity index (χ3n) is 8.49. The standard InChI is InChI=1S/C33H27NO2S/c1-33(18-28-23-9-3-5-11-26(23)32(33)27-12-6-4-10-24(27)28)30(35)17-31-34-29(19-37-31)25-13-7-8-20-16-21(36-2)14-15-22(20)25/h3-16,19,28,32H,17-18H2,1-2H3. The highest BCUT2D eigenvalue weighted by Gasteiger charge is 2.53. The zero-order valence-corrected chi connectivity index (χ0v) is 21.7. The van der Waals surface area contributed by atoms with Gasteiger partial charge >= 0.3 is 0 Å². The maximum absolute atomic E-state index is 14.1. The van der Waals surface area contributed by atoms with E-state index in [0.717, 1.165) is 39.2 Å². The molecule has 0 aliphatic heterocycles. The molecular weight excluding hydrogens is 474 g/mol. The van der Waals surface area contributed by atoms with Crippen LogP contribution in [0.1, 0.15) is 52.4 Å². The summed E-state index contributed by atoms with van der Waals surface area (Å²) in [4.78, 5) is 19.0. The minimum absolute atomic E-state index is 0.0879. The molecule has 5 aromatic rings. The molecule has 8 rings (SSSR count). The van der Waals surface area contributed by atoms with Gasteiger partial charge in [0.25, 0.3) is 0 Å². The number of carbonyl (C=O) groups is 1. The van der Waals surface area contributed by atoms with E-state index in [4.69, 9.17) is 9.72 Å². The van der Waals surface area contributed by atoms with Crippen molar-refractivity contribution < 1.29 is 9.53 Å². The Balaban J connectivity index is 1.22. The Labute approximate surface area is 220 Å². The van der Waals surface area contributed by atoms with Crippen molar-refractivity contribution in [3.05, 3.63) is 118 Å². The highest BCUT2D eigenvalue weighted by Crippen LogP contribution is 2.61. The van der Waals surface area contributed by atoms with Crippen LogP contribution in [-0.4, -0.2) is 17.9 Å². The molecule has 3 aliphatic carbocycles. The molecule has 0 fully saturated rings. The molecule has 0 spiro atoms. The number of methoxy groups -OCH3 is 1. The molecule has 182 valence electrons. The van der Waals surface area contributed by atoms with E-state index >= 15 is 0 Å². The summed E-state index contributed by atoms with van der Waals surface area (Å²) in [5.41, 5.74) is 6.98. The zero-order chi connectivity index (χ0) is 25.1. The SMILES string of the molecule is COc1ccc2c(-c3csc(CC(=O)C4(C)CC5c6ccccc6C4c4ccccc45)n3)cccc2c1. The van der Waals surface area contributed by atoms with Gasteiger partial charge in [0, 0.05) is 28.2 Å². The number of carbonyl (C=O) groups excluding carboxylic acids is 1. The topological polar surface area (TPSA) is 39.2 Å². The molecule has 0 saturated carbocycles. The normalized spacial score (nSPS) is 21.5. The van der Waals surface area contributed by atoms with E-state index in [1.165, 1.54) is 22.3 Å². The summed E-state index contributed by atoms with van der Waals surface area (Å²) in [7, 11) is 1.69. The molecule has 4 aromatic carbocycles. The Morgan fingerprint density at radius 2 is 1.65 bits per heavy atom. The van der Waals surface area contributed by atoms with Gasteiger partial charge in [-0.2, -0.15) is 0 Å². The van der Waals surface area contributed by atoms with Gasteiger partial charge in [-0.15, -0.1) is 11.3 Å². The van der Waals surface area contributed by atoms with Crippen LogP contribution in [0.15, 0.2) is 90.3 Å². The van der Waals surface area contributed by atoms with Crippen molar-refractivity contribution in [1.29, 1.82) is 0 Å². The minimum atomic E-state index is -0.449. The van der Waals surface area contributed by atoms with Crippen molar-refractivity contribution in [2.45, 2.75) is 31.6 Å². The van der Waals surface area contributed by atoms with Gasteiger partial charge in [-0.25, -0.2) is 4.98 Å². The molecule has 1 heterocycles. The minimum Gasteiger partial charge on any atom is -0.497 e. The molecule has 2 bridgehead atoms. The predicted octanol–water partition coefficient (Wildman–Crippen LogP) is 7.77. The number of rotatable bonds is 5. The molecule has 3 nitrogen and oxygen atoms in total. The van der Waals surface area contributed by atoms with Gasteiger partial charge in [0.15, 0.2) is 0 Å². The number of Topliss-reactive ketones (excluding diaryl/α,β-unsaturated/α-hetero) is 1. The first-order valence-corrected chi connectivity index (χ1v) is 13.7. The van der Waals surface area contributed by atoms with E-state index in [9.17, 15) is 4.79 Å². The molecule has 0 radical (unpaired) electrons. The van der Waals surface area contributed by atoms with Gasteiger partial charge in [0.05, 0.1) is 19.2 Å². The largest absolute Gasteiger partial charge is 0.497 e. The Kier molecular flexibility index (Phi) is 5.09. The lowest BCUT2D eigenvalue weighted by Gasteiger charge is -2.51. The number of hydrogen-bond acceptors (Lipinski definition) is 4. The van der Waals surface area contributed by atoms with Gasteiger partial charge < -0.3 is 4.74 Å². The lowest BCUT2D eigenvalue weighted by Crippen LogP contribution is -2.45. The fourth-order valence-corrected chi connectivity index (χ4v) is 7.50. The summed E-state index contributed by atoms with van der Waals surface area (Å²) in [5.74, 6) is 1.48. The van der Waals surface area contributed by atoms with Crippen LogP contribution in [0.2, 0.25) is 0 Å². The maximum Gasteiger partial charge on any atom is 0.146 e. The number of aromatic nitrogens is 1. The number of nitrogens with zero attached hydrogens (tertiary/aromatic N) is 1. The van der Waals surface area contributed by atoms with Gasteiger partial charge in [0.1, 0.15) is 16.5 Å². The smallest absolute Gasteiger partial charge is 0.146 e. The number of benzene rings is 4. The van der Waals surface area contributed by atoms with Crippen LogP contribution in [-0.2, 0) is 11.2 Å². The fourth-order valence-electron chi connectivity index (χ4n) is 6.71. The molecule has 1 atom stereocenters. The summed E-state index contributed by atoms with van der Waals surface area (Å²) in [6.07, 6.45) is 1.22. The van der Waals surface area contributed by atoms with Crippen molar-refractivity contribution >= 4 is 27.9 Å². The highest BCUT2D eigenvalue weighted by molar-refractivity contribution is 7.10. The van der Waals surface area contributed by atoms with Crippen LogP contribution in [0.4, 0.5) is 0 Å². The zero-order valence-electron chi connectivity index (χ0n) is 20.9. The van der Waals surface area contributed by atoms with Crippen molar-refractivity contribution in [2.24, 2.45) is 5.41 Å². The van der Waals surface area contributed by atoms with E-state index in [1.807, 2.05) is 12.1 Å². The first-order valence-electron chi connectivity index (χ1n) is 12.8. The fraction of sp³-hybridized carbons (Fsp3) is 0.212. The first-order chi connectivity index (χ1) is 18.1. The van der Waals surface area contributed by atoms with Gasteiger partial charge in [0.2, 0.25) is 0 Å². The molecular formula is C33H27NO2S. The quantitative estimate of drug-likeness (QED) is 0.247. The predicted molar refractivity (Wildman–Crippen MR) is 150 cm³/mol. The average Bonchev–Trinajstić information content (AvgIpc) is 3.40. The van der Waals surface area contributed by atoms with Crippen LogP contribution in [0, 0.1) is 5.41 Å². The van der Waals surface area contributed by atoms with Crippen LogP contribution in [0.3, 0.4) is 0 Å². The van der Waals surface area contributed by atoms with E-state index in [-0.39, 0.29) is 17.6 Å². The van der Waals surface area contributed by atoms with Crippen LogP contribution in [0.5, 0.6) is 5.75 Å². The number of thiazole rings is 1. The second kappa shape index (κ2) is 8.39. The molecule has 0 amide bonds. The molecule has 4 heteroatoms. The first kappa shape index (κ1) is 22.4. The highest BCUT2D eigenvalue weighted by atomic mass is 32.1. The van der Waals surface area contributed by atoms with Crippen molar-refractivity contribution in [3.63, 3.8) is 0 Å². The Morgan fingerprint density at radius 3 is 2.35 bits per heavy atom. The van der Waals surface area contributed by atoms with Gasteiger partial charge in [-0.1, -0.05) is 79.7 Å². The molecule has 3 aliphatic rings. The summed E-state index contributed by atoms with van der Waals surface area (Å²) < 4.78 is 5.40. The molecule has 1 aromatic heterocycles. The average molecular weight is 502 g/mol. The Morgan fingerprint density at radius 1 is 0.946 bits per heavy atom. The summed E-state index contributed by atoms with van der Waals surface area (Å²) >= 11 is 1.59. The maximum atomic E-state index is 14.1. The van der Waals surface area contributed by atoms with E-state index in [0.29, 0.717) is 6.42 Å². The molecule has 37 heavy (non-hydrogen) atoms. The third kappa shape index (κ3) is 3.39. The van der Waals surface area contributed by atoms with E-state index in [1.54, 1.807) is 18.4 Å². The van der Waals surface area contributed by atoms with Crippen molar-refractivity contribution in [3.8, 4) is 17.0 Å². The Bertz CT molecular complexity index is 1640. The molecule has 1 unspecified atom stereocenters. The van der Waals surface area contributed by atoms with E-state index < -0.39 is 5.41 Å². The van der Waals surface area contributed by atoms with Gasteiger partial charge in [-0.3, -0.25) is 4.79 Å². The van der Waals surface area contributed by atoms with Crippen molar-refractivity contribution in [2.75, 3.05) is 7.11 Å². The van der Waals surface area contributed by atoms with Crippen LogP contribution < -0.4 is 4.74 Å². The number of hydrogen-bond donors (Lipinski definition) is 0. The summed E-state index contributed by atoms with van der Waals surface area (Å²) in [5, 5.41) is 5.22. The van der Waals surface area contributed by atoms with E-state index in [2.05, 4.69) is 85.1 Å². The number of ketones is 1. The second-order valence-corrected chi connectivity index (χ2v) is 11.4. The lowest BCUT2D eigenvalue weighted by atomic mass is 9.51. The summed E-state index contributed by atoms with van der Waals surface area (Å²) in [6.45, 7) is 2.19. The second-order valence-electron chi connectivity index (χ2n) is 10.5. The van der Waals surface area contributed by atoms with Gasteiger partial charge in [-0.05, 0) is 51.6 Å². The monoisotopic (exact) mass is 501 g/mol. The molecule has 0 N–H and O–H groups in total. The third-order valence-corrected chi connectivity index (χ3v) is 9.34. The Hall–Kier alpha value is -3.76. The molecule has 0 saturated heterocycles. The van der Waals surface area contributed by atoms with Crippen LogP contribution >= 0.6 is 11.3 Å². The van der Waals surface area contributed by atoms with Crippen molar-refractivity contribution in [1.82, 2.24) is 4.98 Å². The van der Waals surface area contributed by atoms with Crippen LogP contribution in [0.25, 0.3) is 22.0 Å². The number of fused-ring (bicyclic) bond motifs is 2.